The number of carbonyl (C=O) groups is 2. The number of primary amides is 1. The van der Waals surface area contributed by atoms with Gasteiger partial charge in [0.2, 0.25) is 11.8 Å². The van der Waals surface area contributed by atoms with Gasteiger partial charge in [-0.1, -0.05) is 29.3 Å². The van der Waals surface area contributed by atoms with E-state index in [1.54, 1.807) is 19.1 Å². The molecule has 1 aromatic rings. The Kier molecular flexibility index (Phi) is 6.06. The number of rotatable bonds is 5. The highest BCUT2D eigenvalue weighted by Crippen LogP contribution is 2.59. The minimum atomic E-state index is -3.98. The van der Waals surface area contributed by atoms with Crippen molar-refractivity contribution < 1.29 is 18.0 Å². The number of hydrogen-bond donors (Lipinski definition) is 2. The van der Waals surface area contributed by atoms with Gasteiger partial charge in [0.05, 0.1) is 22.3 Å². The molecule has 1 heterocycles. The lowest BCUT2D eigenvalue weighted by molar-refractivity contribution is -0.147. The van der Waals surface area contributed by atoms with Crippen molar-refractivity contribution in [1.82, 2.24) is 9.62 Å². The summed E-state index contributed by atoms with van der Waals surface area (Å²) >= 11 is 12.7. The van der Waals surface area contributed by atoms with Gasteiger partial charge in [-0.15, -0.1) is 0 Å². The number of aryl methyl sites for hydroxylation is 1. The second kappa shape index (κ2) is 8.54. The zero-order valence-corrected chi connectivity index (χ0v) is 21.4. The molecule has 0 spiro atoms. The van der Waals surface area contributed by atoms with Crippen LogP contribution in [0.2, 0.25) is 10.0 Å². The van der Waals surface area contributed by atoms with Crippen LogP contribution in [-0.4, -0.2) is 50.2 Å². The summed E-state index contributed by atoms with van der Waals surface area (Å²) in [5, 5.41) is 3.67. The first-order chi connectivity index (χ1) is 16.0. The first-order valence-corrected chi connectivity index (χ1v) is 14.0. The van der Waals surface area contributed by atoms with Gasteiger partial charge in [-0.3, -0.25) is 13.9 Å². The number of anilines is 1. The minimum Gasteiger partial charge on any atom is -0.369 e. The molecular formula is C23H30Cl2N4O4S. The highest BCUT2D eigenvalue weighted by atomic mass is 35.5. The van der Waals surface area contributed by atoms with Crippen molar-refractivity contribution in [2.75, 3.05) is 23.9 Å². The van der Waals surface area contributed by atoms with E-state index in [2.05, 4.69) is 5.32 Å². The van der Waals surface area contributed by atoms with Crippen LogP contribution in [0.25, 0.3) is 0 Å². The number of benzene rings is 1. The van der Waals surface area contributed by atoms with E-state index in [1.165, 1.54) is 8.61 Å². The highest BCUT2D eigenvalue weighted by Gasteiger charge is 2.58. The van der Waals surface area contributed by atoms with Crippen LogP contribution in [0.1, 0.15) is 44.1 Å². The molecule has 4 saturated carbocycles. The second-order valence-electron chi connectivity index (χ2n) is 10.5. The van der Waals surface area contributed by atoms with E-state index in [0.717, 1.165) is 24.8 Å². The molecule has 1 aromatic carbocycles. The Bertz CT molecular complexity index is 1130. The van der Waals surface area contributed by atoms with Crippen molar-refractivity contribution in [3.8, 4) is 0 Å². The summed E-state index contributed by atoms with van der Waals surface area (Å²) in [6, 6.07) is 3.33. The van der Waals surface area contributed by atoms with Gasteiger partial charge >= 0.3 is 10.2 Å². The van der Waals surface area contributed by atoms with E-state index in [0.29, 0.717) is 30.2 Å². The lowest BCUT2D eigenvalue weighted by atomic mass is 9.47. The van der Waals surface area contributed by atoms with Gasteiger partial charge in [0.1, 0.15) is 0 Å². The molecule has 0 aromatic heterocycles. The SMILES string of the molecule is Cc1ccc(Cl)c(N2CCCN(CC(=O)NC3C4CC5CC3CC(C(N)=O)(C5)C4)S2(=O)=O)c1Cl. The lowest BCUT2D eigenvalue weighted by Crippen LogP contribution is -2.63. The van der Waals surface area contributed by atoms with Crippen molar-refractivity contribution in [1.29, 1.82) is 0 Å². The predicted octanol–water partition coefficient (Wildman–Crippen LogP) is 2.86. The van der Waals surface area contributed by atoms with Gasteiger partial charge in [0.15, 0.2) is 0 Å². The molecule has 0 radical (unpaired) electrons. The average Bonchev–Trinajstić information content (AvgIpc) is 2.75. The fraction of sp³-hybridized carbons (Fsp3) is 0.652. The van der Waals surface area contributed by atoms with Crippen LogP contribution in [0.5, 0.6) is 0 Å². The zero-order valence-electron chi connectivity index (χ0n) is 19.1. The molecule has 5 aliphatic rings. The normalized spacial score (nSPS) is 34.3. The van der Waals surface area contributed by atoms with E-state index >= 15 is 0 Å². The van der Waals surface area contributed by atoms with E-state index in [9.17, 15) is 18.0 Å². The fourth-order valence-electron chi connectivity index (χ4n) is 6.97. The third kappa shape index (κ3) is 3.88. The fourth-order valence-corrected chi connectivity index (χ4v) is 9.35. The zero-order chi connectivity index (χ0) is 24.4. The minimum absolute atomic E-state index is 0.0409. The van der Waals surface area contributed by atoms with Gasteiger partial charge in [-0.2, -0.15) is 12.7 Å². The topological polar surface area (TPSA) is 113 Å². The average molecular weight is 529 g/mol. The van der Waals surface area contributed by atoms with E-state index in [4.69, 9.17) is 28.9 Å². The number of carbonyl (C=O) groups excluding carboxylic acids is 2. The Hall–Kier alpha value is -1.55. The standard InChI is InChI=1S/C23H30Cl2N4O4S/c1-13-3-4-17(24)21(19(13)25)29-6-2-5-28(34(29,32)33)12-18(30)27-20-15-7-14-8-16(20)11-23(9-14,10-15)22(26)31/h3-4,14-16,20H,2,5-12H2,1H3,(H2,26,31)(H,27,30). The quantitative estimate of drug-likeness (QED) is 0.611. The molecule has 34 heavy (non-hydrogen) atoms. The molecule has 6 rings (SSSR count). The summed E-state index contributed by atoms with van der Waals surface area (Å²) < 4.78 is 29.2. The first-order valence-electron chi connectivity index (χ1n) is 11.8. The molecule has 4 aliphatic carbocycles. The maximum atomic E-state index is 13.4. The van der Waals surface area contributed by atoms with Crippen molar-refractivity contribution in [2.45, 2.75) is 51.5 Å². The van der Waals surface area contributed by atoms with Gasteiger partial charge in [0.25, 0.3) is 0 Å². The molecule has 8 nitrogen and oxygen atoms in total. The number of hydrogen-bond acceptors (Lipinski definition) is 4. The highest BCUT2D eigenvalue weighted by molar-refractivity contribution is 7.90. The van der Waals surface area contributed by atoms with Crippen LogP contribution >= 0.6 is 23.2 Å². The molecule has 2 unspecified atom stereocenters. The first kappa shape index (κ1) is 24.2. The molecule has 4 bridgehead atoms. The Morgan fingerprint density at radius 2 is 1.82 bits per heavy atom. The van der Waals surface area contributed by atoms with E-state index in [1.807, 2.05) is 0 Å². The van der Waals surface area contributed by atoms with E-state index < -0.39 is 15.6 Å². The van der Waals surface area contributed by atoms with Crippen LogP contribution in [0, 0.1) is 30.1 Å². The Morgan fingerprint density at radius 3 is 2.47 bits per heavy atom. The molecule has 1 saturated heterocycles. The van der Waals surface area contributed by atoms with Crippen molar-refractivity contribution in [2.24, 2.45) is 28.9 Å². The van der Waals surface area contributed by atoms with Crippen LogP contribution in [0.4, 0.5) is 5.69 Å². The maximum Gasteiger partial charge on any atom is 0.304 e. The maximum absolute atomic E-state index is 13.4. The summed E-state index contributed by atoms with van der Waals surface area (Å²) in [5.74, 6) is 0.365. The molecule has 1 aliphatic heterocycles. The molecule has 2 atom stereocenters. The third-order valence-electron chi connectivity index (χ3n) is 8.33. The molecule has 3 N–H and O–H groups in total. The third-order valence-corrected chi connectivity index (χ3v) is 11.0. The van der Waals surface area contributed by atoms with E-state index in [-0.39, 0.29) is 60.0 Å². The number of amides is 2. The number of nitrogens with one attached hydrogen (secondary N) is 1. The van der Waals surface area contributed by atoms with Crippen molar-refractivity contribution in [3.05, 3.63) is 27.7 Å². The van der Waals surface area contributed by atoms with Crippen molar-refractivity contribution in [3.63, 3.8) is 0 Å². The van der Waals surface area contributed by atoms with Crippen LogP contribution in [0.3, 0.4) is 0 Å². The Balaban J connectivity index is 1.30. The Morgan fingerprint density at radius 1 is 1.15 bits per heavy atom. The second-order valence-corrected chi connectivity index (χ2v) is 13.1. The molecule has 186 valence electrons. The van der Waals surface area contributed by atoms with Gasteiger partial charge in [0, 0.05) is 24.5 Å². The molecular weight excluding hydrogens is 499 g/mol. The van der Waals surface area contributed by atoms with Gasteiger partial charge < -0.3 is 11.1 Å². The summed E-state index contributed by atoms with van der Waals surface area (Å²) in [7, 11) is -3.98. The van der Waals surface area contributed by atoms with Gasteiger partial charge in [-0.25, -0.2) is 0 Å². The van der Waals surface area contributed by atoms with Gasteiger partial charge in [-0.05, 0) is 74.8 Å². The molecule has 5 fully saturated rings. The number of nitrogens with zero attached hydrogens (tertiary/aromatic N) is 2. The van der Waals surface area contributed by atoms with Crippen LogP contribution < -0.4 is 15.4 Å². The Labute approximate surface area is 210 Å². The smallest absolute Gasteiger partial charge is 0.304 e. The van der Waals surface area contributed by atoms with Crippen LogP contribution in [-0.2, 0) is 19.8 Å². The molecule has 11 heteroatoms. The van der Waals surface area contributed by atoms with Crippen molar-refractivity contribution >= 4 is 50.9 Å². The summed E-state index contributed by atoms with van der Waals surface area (Å²) in [4.78, 5) is 25.2. The number of halogens is 2. The summed E-state index contributed by atoms with van der Waals surface area (Å²) in [6.07, 6.45) is 4.79. The predicted molar refractivity (Wildman–Crippen MR) is 131 cm³/mol. The molecule has 2 amide bonds. The summed E-state index contributed by atoms with van der Waals surface area (Å²) in [5.41, 5.74) is 6.31. The monoisotopic (exact) mass is 528 g/mol. The van der Waals surface area contributed by atoms with Crippen LogP contribution in [0.15, 0.2) is 12.1 Å². The number of nitrogens with two attached hydrogens (primary N) is 1. The lowest BCUT2D eigenvalue weighted by Gasteiger charge is -2.58. The largest absolute Gasteiger partial charge is 0.369 e. The summed E-state index contributed by atoms with van der Waals surface area (Å²) in [6.45, 7) is 2.02.